The number of aromatic hydroxyl groups is 1. The molecule has 1 saturated carbocycles. The SMILES string of the molecule is O=C(O)C1CCC(N2CCN(C(=O)CN3CCN4c5cc(-c6ccccc6O)nnc5NC[C@H]4C3)CC2)CC1. The number of aromatic nitrogens is 2. The summed E-state index contributed by atoms with van der Waals surface area (Å²) in [6.45, 7) is 6.77. The van der Waals surface area contributed by atoms with E-state index in [0.717, 1.165) is 89.5 Å². The number of carboxylic acids is 1. The normalized spacial score (nSPS) is 25.9. The summed E-state index contributed by atoms with van der Waals surface area (Å²) in [4.78, 5) is 33.5. The van der Waals surface area contributed by atoms with E-state index in [2.05, 4.69) is 30.2 Å². The van der Waals surface area contributed by atoms with E-state index in [9.17, 15) is 19.8 Å². The van der Waals surface area contributed by atoms with Crippen LogP contribution in [-0.4, -0.2) is 118 Å². The van der Waals surface area contributed by atoms with Crippen LogP contribution in [0.4, 0.5) is 11.5 Å². The van der Waals surface area contributed by atoms with E-state index in [0.29, 0.717) is 23.8 Å². The largest absolute Gasteiger partial charge is 0.507 e. The van der Waals surface area contributed by atoms with Crippen LogP contribution in [-0.2, 0) is 9.59 Å². The van der Waals surface area contributed by atoms with Gasteiger partial charge in [0.25, 0.3) is 0 Å². The highest BCUT2D eigenvalue weighted by Gasteiger charge is 2.35. The van der Waals surface area contributed by atoms with Gasteiger partial charge in [-0.15, -0.1) is 10.2 Å². The zero-order valence-corrected chi connectivity index (χ0v) is 22.2. The number of nitrogens with zero attached hydrogens (tertiary/aromatic N) is 6. The van der Waals surface area contributed by atoms with Crippen molar-refractivity contribution < 1.29 is 19.8 Å². The second-order valence-corrected chi connectivity index (χ2v) is 11.2. The lowest BCUT2D eigenvalue weighted by Gasteiger charge is -2.46. The topological polar surface area (TPSA) is 125 Å². The molecule has 208 valence electrons. The molecule has 6 rings (SSSR count). The maximum atomic E-state index is 13.2. The van der Waals surface area contributed by atoms with Crippen LogP contribution >= 0.6 is 0 Å². The fourth-order valence-electron chi connectivity index (χ4n) is 6.63. The molecule has 0 unspecified atom stereocenters. The van der Waals surface area contributed by atoms with Crippen LogP contribution in [0.1, 0.15) is 25.7 Å². The van der Waals surface area contributed by atoms with Crippen molar-refractivity contribution in [3.63, 3.8) is 0 Å². The second-order valence-electron chi connectivity index (χ2n) is 11.2. The molecule has 11 nitrogen and oxygen atoms in total. The van der Waals surface area contributed by atoms with Crippen LogP contribution in [0.25, 0.3) is 11.3 Å². The summed E-state index contributed by atoms with van der Waals surface area (Å²) < 4.78 is 0. The van der Waals surface area contributed by atoms with Gasteiger partial charge in [-0.05, 0) is 43.9 Å². The Bertz CT molecular complexity index is 1210. The van der Waals surface area contributed by atoms with Crippen LogP contribution in [0.5, 0.6) is 5.75 Å². The Morgan fingerprint density at radius 3 is 2.46 bits per heavy atom. The minimum absolute atomic E-state index is 0.182. The molecule has 0 bridgehead atoms. The molecule has 1 aromatic carbocycles. The fraction of sp³-hybridized carbons (Fsp3) is 0.571. The monoisotopic (exact) mass is 535 g/mol. The number of nitrogens with one attached hydrogen (secondary N) is 1. The average Bonchev–Trinajstić information content (AvgIpc) is 2.97. The molecule has 4 heterocycles. The molecule has 2 aromatic rings. The van der Waals surface area contributed by atoms with Crippen LogP contribution in [0, 0.1) is 5.92 Å². The third-order valence-electron chi connectivity index (χ3n) is 8.92. The molecule has 3 aliphatic heterocycles. The summed E-state index contributed by atoms with van der Waals surface area (Å²) in [5.74, 6) is 0.272. The van der Waals surface area contributed by atoms with Gasteiger partial charge in [-0.1, -0.05) is 12.1 Å². The van der Waals surface area contributed by atoms with E-state index in [1.54, 1.807) is 12.1 Å². The van der Waals surface area contributed by atoms with E-state index < -0.39 is 5.97 Å². The lowest BCUT2D eigenvalue weighted by molar-refractivity contribution is -0.143. The van der Waals surface area contributed by atoms with Gasteiger partial charge in [0.1, 0.15) is 5.75 Å². The maximum Gasteiger partial charge on any atom is 0.306 e. The van der Waals surface area contributed by atoms with Gasteiger partial charge in [0.05, 0.1) is 29.9 Å². The van der Waals surface area contributed by atoms with Gasteiger partial charge < -0.3 is 25.3 Å². The van der Waals surface area contributed by atoms with Crippen LogP contribution in [0.15, 0.2) is 30.3 Å². The molecule has 4 aliphatic rings. The first-order valence-electron chi connectivity index (χ1n) is 14.1. The molecule has 1 atom stereocenters. The van der Waals surface area contributed by atoms with Crippen molar-refractivity contribution >= 4 is 23.4 Å². The highest BCUT2D eigenvalue weighted by molar-refractivity contribution is 5.79. The number of carbonyl (C=O) groups is 2. The molecule has 3 N–H and O–H groups in total. The summed E-state index contributed by atoms with van der Waals surface area (Å²) in [5, 5.41) is 31.6. The van der Waals surface area contributed by atoms with Crippen molar-refractivity contribution in [2.45, 2.75) is 37.8 Å². The number of phenolic OH excluding ortho intramolecular Hbond substituents is 1. The number of rotatable bonds is 5. The molecular weight excluding hydrogens is 498 g/mol. The number of amides is 1. The number of benzene rings is 1. The van der Waals surface area contributed by atoms with Crippen molar-refractivity contribution in [1.82, 2.24) is 24.9 Å². The first kappa shape index (κ1) is 25.8. The highest BCUT2D eigenvalue weighted by Crippen LogP contribution is 2.36. The summed E-state index contributed by atoms with van der Waals surface area (Å²) >= 11 is 0. The standard InChI is InChI=1S/C28H37N7O4/c36-25-4-2-1-3-22(25)23-15-24-27(31-30-23)29-16-21-17-32(9-14-35(21)24)18-26(37)34-12-10-33(11-13-34)20-7-5-19(6-8-20)28(38)39/h1-4,15,19-21,36H,5-14,16-18H2,(H,29,31)(H,38,39)/t19?,20?,21-/m0/s1. The lowest BCUT2D eigenvalue weighted by Crippen LogP contribution is -2.60. The van der Waals surface area contributed by atoms with Crippen LogP contribution < -0.4 is 10.2 Å². The number of hydrogen-bond donors (Lipinski definition) is 3. The number of aliphatic carboxylic acids is 1. The molecular formula is C28H37N7O4. The molecule has 2 saturated heterocycles. The minimum atomic E-state index is -0.663. The maximum absolute atomic E-state index is 13.2. The van der Waals surface area contributed by atoms with Crippen molar-refractivity contribution in [2.75, 3.05) is 69.1 Å². The first-order chi connectivity index (χ1) is 19.0. The molecule has 0 spiro atoms. The van der Waals surface area contributed by atoms with Gasteiger partial charge in [0.2, 0.25) is 5.91 Å². The number of phenols is 1. The van der Waals surface area contributed by atoms with Crippen molar-refractivity contribution in [3.8, 4) is 17.0 Å². The number of carboxylic acid groups (broad SMARTS) is 1. The number of fused-ring (bicyclic) bond motifs is 3. The molecule has 0 radical (unpaired) electrons. The third kappa shape index (κ3) is 5.38. The Balaban J connectivity index is 1.01. The molecule has 11 heteroatoms. The minimum Gasteiger partial charge on any atom is -0.507 e. The highest BCUT2D eigenvalue weighted by atomic mass is 16.4. The predicted octanol–water partition coefficient (Wildman–Crippen LogP) is 1.55. The predicted molar refractivity (Wildman–Crippen MR) is 147 cm³/mol. The molecule has 1 amide bonds. The Hall–Kier alpha value is -3.44. The van der Waals surface area contributed by atoms with Crippen molar-refractivity contribution in [3.05, 3.63) is 30.3 Å². The summed E-state index contributed by atoms with van der Waals surface area (Å²) in [6, 6.07) is 9.82. The Morgan fingerprint density at radius 1 is 0.949 bits per heavy atom. The molecule has 1 aliphatic carbocycles. The smallest absolute Gasteiger partial charge is 0.306 e. The van der Waals surface area contributed by atoms with E-state index in [1.165, 1.54) is 0 Å². The lowest BCUT2D eigenvalue weighted by atomic mass is 9.85. The second kappa shape index (κ2) is 11.0. The Morgan fingerprint density at radius 2 is 1.72 bits per heavy atom. The number of piperazine rings is 2. The van der Waals surface area contributed by atoms with E-state index in [4.69, 9.17) is 0 Å². The van der Waals surface area contributed by atoms with Gasteiger partial charge in [0, 0.05) is 64.0 Å². The molecule has 1 aromatic heterocycles. The van der Waals surface area contributed by atoms with E-state index >= 15 is 0 Å². The van der Waals surface area contributed by atoms with Crippen LogP contribution in [0.2, 0.25) is 0 Å². The average molecular weight is 536 g/mol. The molecule has 3 fully saturated rings. The van der Waals surface area contributed by atoms with Crippen LogP contribution in [0.3, 0.4) is 0 Å². The van der Waals surface area contributed by atoms with Gasteiger partial charge in [-0.25, -0.2) is 0 Å². The molecule has 39 heavy (non-hydrogen) atoms. The van der Waals surface area contributed by atoms with E-state index in [-0.39, 0.29) is 23.6 Å². The fourth-order valence-corrected chi connectivity index (χ4v) is 6.63. The number of para-hydroxylation sites is 1. The van der Waals surface area contributed by atoms with Gasteiger partial charge in [-0.3, -0.25) is 19.4 Å². The number of hydrogen-bond acceptors (Lipinski definition) is 9. The zero-order valence-electron chi connectivity index (χ0n) is 22.2. The van der Waals surface area contributed by atoms with Gasteiger partial charge in [-0.2, -0.15) is 0 Å². The summed E-state index contributed by atoms with van der Waals surface area (Å²) in [7, 11) is 0. The Kier molecular flexibility index (Phi) is 7.26. The third-order valence-corrected chi connectivity index (χ3v) is 8.92. The van der Waals surface area contributed by atoms with Gasteiger partial charge in [0.15, 0.2) is 5.82 Å². The Labute approximate surface area is 228 Å². The first-order valence-corrected chi connectivity index (χ1v) is 14.1. The zero-order chi connectivity index (χ0) is 26.9. The summed E-state index contributed by atoms with van der Waals surface area (Å²) in [6.07, 6.45) is 3.39. The van der Waals surface area contributed by atoms with E-state index in [1.807, 2.05) is 23.1 Å². The number of carbonyl (C=O) groups excluding carboxylic acids is 1. The quantitative estimate of drug-likeness (QED) is 0.519. The van der Waals surface area contributed by atoms with Crippen molar-refractivity contribution in [1.29, 1.82) is 0 Å². The van der Waals surface area contributed by atoms with Gasteiger partial charge >= 0.3 is 5.97 Å². The summed E-state index contributed by atoms with van der Waals surface area (Å²) in [5.41, 5.74) is 2.28. The number of anilines is 2. The van der Waals surface area contributed by atoms with Crippen molar-refractivity contribution in [2.24, 2.45) is 5.92 Å².